The molecule has 0 aromatic carbocycles. The number of hydrogen-bond donors (Lipinski definition) is 1. The summed E-state index contributed by atoms with van der Waals surface area (Å²) in [5.41, 5.74) is 1.38. The molecule has 0 bridgehead atoms. The van der Waals surface area contributed by atoms with Crippen molar-refractivity contribution in [3.8, 4) is 11.6 Å². The van der Waals surface area contributed by atoms with Crippen molar-refractivity contribution in [2.75, 3.05) is 32.1 Å². The van der Waals surface area contributed by atoms with Gasteiger partial charge in [0.25, 0.3) is 0 Å². The van der Waals surface area contributed by atoms with Crippen LogP contribution in [0.3, 0.4) is 0 Å². The van der Waals surface area contributed by atoms with E-state index in [1.165, 1.54) is 0 Å². The van der Waals surface area contributed by atoms with E-state index in [-0.39, 0.29) is 0 Å². The van der Waals surface area contributed by atoms with Crippen LogP contribution < -0.4 is 0 Å². The Morgan fingerprint density at radius 1 is 1.25 bits per heavy atom. The predicted molar refractivity (Wildman–Crippen MR) is 97.1 cm³/mol. The minimum atomic E-state index is -0.561. The zero-order valence-corrected chi connectivity index (χ0v) is 15.8. The van der Waals surface area contributed by atoms with Gasteiger partial charge < -0.3 is 18.8 Å². The van der Waals surface area contributed by atoms with Gasteiger partial charge >= 0.3 is 0 Å². The Hall–Kier alpha value is -0.960. The fourth-order valence-electron chi connectivity index (χ4n) is 2.58. The molecule has 3 heterocycles. The van der Waals surface area contributed by atoms with Crippen LogP contribution in [-0.2, 0) is 4.08 Å². The Balaban J connectivity index is 1.87. The highest BCUT2D eigenvalue weighted by atomic mass is 32.2. The fraction of sp³-hybridized carbons (Fsp3) is 0.625. The first-order chi connectivity index (χ1) is 11.5. The molecule has 6 nitrogen and oxygen atoms in total. The van der Waals surface area contributed by atoms with Gasteiger partial charge in [0.2, 0.25) is 11.8 Å². The summed E-state index contributed by atoms with van der Waals surface area (Å²) in [6.45, 7) is 2.68. The smallest absolute Gasteiger partial charge is 0.248 e. The second-order valence-corrected chi connectivity index (χ2v) is 9.10. The van der Waals surface area contributed by atoms with Crippen LogP contribution in [0.1, 0.15) is 24.4 Å². The molecule has 1 atom stereocenters. The number of aliphatic hydroxyl groups is 1. The molecule has 3 rings (SSSR count). The zero-order chi connectivity index (χ0) is 17.2. The van der Waals surface area contributed by atoms with E-state index < -0.39 is 10.2 Å². The van der Waals surface area contributed by atoms with Gasteiger partial charge in [-0.05, 0) is 45.4 Å². The SMILES string of the molecule is Cc1coc(-c2coc(C3(C(O)CCN(C)C)SCCCS3)n2)n1. The molecule has 1 unspecified atom stereocenters. The van der Waals surface area contributed by atoms with Gasteiger partial charge in [0.15, 0.2) is 9.77 Å². The first-order valence-electron chi connectivity index (χ1n) is 8.00. The van der Waals surface area contributed by atoms with Crippen LogP contribution in [-0.4, -0.2) is 58.2 Å². The highest BCUT2D eigenvalue weighted by Gasteiger charge is 2.46. The lowest BCUT2D eigenvalue weighted by Gasteiger charge is -2.37. The Morgan fingerprint density at radius 2 is 2.00 bits per heavy atom. The highest BCUT2D eigenvalue weighted by Crippen LogP contribution is 2.53. The van der Waals surface area contributed by atoms with E-state index in [0.717, 1.165) is 30.2 Å². The van der Waals surface area contributed by atoms with Crippen LogP contribution in [0, 0.1) is 6.92 Å². The zero-order valence-electron chi connectivity index (χ0n) is 14.2. The van der Waals surface area contributed by atoms with E-state index in [1.807, 2.05) is 21.0 Å². The molecular formula is C16H23N3O3S2. The first kappa shape index (κ1) is 17.8. The average Bonchev–Trinajstić information content (AvgIpc) is 3.22. The minimum Gasteiger partial charge on any atom is -0.446 e. The molecule has 0 radical (unpaired) electrons. The van der Waals surface area contributed by atoms with E-state index in [2.05, 4.69) is 14.9 Å². The van der Waals surface area contributed by atoms with Crippen LogP contribution in [0.5, 0.6) is 0 Å². The van der Waals surface area contributed by atoms with Gasteiger partial charge in [-0.2, -0.15) is 0 Å². The Kier molecular flexibility index (Phi) is 5.59. The monoisotopic (exact) mass is 369 g/mol. The normalized spacial score (nSPS) is 18.9. The molecule has 2 aromatic heterocycles. The molecule has 2 aromatic rings. The van der Waals surface area contributed by atoms with Crippen LogP contribution >= 0.6 is 23.5 Å². The minimum absolute atomic E-state index is 0.450. The number of thioether (sulfide) groups is 2. The Bertz CT molecular complexity index is 665. The molecule has 24 heavy (non-hydrogen) atoms. The Morgan fingerprint density at radius 3 is 2.62 bits per heavy atom. The maximum absolute atomic E-state index is 10.9. The first-order valence-corrected chi connectivity index (χ1v) is 9.97. The van der Waals surface area contributed by atoms with Gasteiger partial charge in [0.05, 0.1) is 11.8 Å². The topological polar surface area (TPSA) is 75.5 Å². The fourth-order valence-corrected chi connectivity index (χ4v) is 5.84. The number of aromatic nitrogens is 2. The third-order valence-corrected chi connectivity index (χ3v) is 7.29. The summed E-state index contributed by atoms with van der Waals surface area (Å²) < 4.78 is 10.6. The van der Waals surface area contributed by atoms with Crippen molar-refractivity contribution in [1.29, 1.82) is 0 Å². The molecule has 8 heteroatoms. The van der Waals surface area contributed by atoms with Gasteiger partial charge in [-0.15, -0.1) is 23.5 Å². The number of aliphatic hydroxyl groups excluding tert-OH is 1. The quantitative estimate of drug-likeness (QED) is 0.833. The number of oxazole rings is 2. The van der Waals surface area contributed by atoms with Crippen molar-refractivity contribution in [2.24, 2.45) is 0 Å². The molecule has 0 saturated carbocycles. The van der Waals surface area contributed by atoms with E-state index in [4.69, 9.17) is 8.83 Å². The summed E-state index contributed by atoms with van der Waals surface area (Å²) in [7, 11) is 4.02. The summed E-state index contributed by atoms with van der Waals surface area (Å²) >= 11 is 3.45. The van der Waals surface area contributed by atoms with Crippen molar-refractivity contribution < 1.29 is 13.9 Å². The number of aryl methyl sites for hydroxylation is 1. The van der Waals surface area contributed by atoms with E-state index >= 15 is 0 Å². The molecular weight excluding hydrogens is 346 g/mol. The Labute approximate surface area is 150 Å². The van der Waals surface area contributed by atoms with Crippen LogP contribution in [0.25, 0.3) is 11.6 Å². The van der Waals surface area contributed by atoms with Crippen LogP contribution in [0.4, 0.5) is 0 Å². The lowest BCUT2D eigenvalue weighted by Crippen LogP contribution is -2.38. The van der Waals surface area contributed by atoms with Crippen molar-refractivity contribution in [3.63, 3.8) is 0 Å². The maximum atomic E-state index is 10.9. The lowest BCUT2D eigenvalue weighted by molar-refractivity contribution is 0.129. The van der Waals surface area contributed by atoms with Crippen molar-refractivity contribution in [3.05, 3.63) is 24.1 Å². The second-order valence-electron chi connectivity index (χ2n) is 6.16. The summed E-state index contributed by atoms with van der Waals surface area (Å²) in [5, 5.41) is 10.9. The van der Waals surface area contributed by atoms with Crippen molar-refractivity contribution in [1.82, 2.24) is 14.9 Å². The standard InChI is InChI=1S/C16H23N3O3S2/c1-11-9-21-14(17-11)12-10-22-15(18-12)16(23-7-4-8-24-16)13(20)5-6-19(2)3/h9-10,13,20H,4-8H2,1-3H3. The summed E-state index contributed by atoms with van der Waals surface area (Å²) in [6.07, 6.45) is 4.42. The number of nitrogens with zero attached hydrogens (tertiary/aromatic N) is 3. The highest BCUT2D eigenvalue weighted by molar-refractivity contribution is 8.18. The van der Waals surface area contributed by atoms with E-state index in [1.54, 1.807) is 36.1 Å². The van der Waals surface area contributed by atoms with Gasteiger partial charge in [0, 0.05) is 6.54 Å². The molecule has 1 aliphatic rings. The average molecular weight is 370 g/mol. The van der Waals surface area contributed by atoms with Crippen LogP contribution in [0.15, 0.2) is 21.4 Å². The summed E-state index contributed by atoms with van der Waals surface area (Å²) in [5.74, 6) is 2.98. The third kappa shape index (κ3) is 3.66. The lowest BCUT2D eigenvalue weighted by atomic mass is 10.1. The van der Waals surface area contributed by atoms with Gasteiger partial charge in [-0.1, -0.05) is 0 Å². The molecule has 0 aliphatic carbocycles. The molecule has 0 amide bonds. The maximum Gasteiger partial charge on any atom is 0.248 e. The van der Waals surface area contributed by atoms with Crippen LogP contribution in [0.2, 0.25) is 0 Å². The molecule has 132 valence electrons. The molecule has 1 fully saturated rings. The number of rotatable bonds is 6. The van der Waals surface area contributed by atoms with Gasteiger partial charge in [-0.25, -0.2) is 9.97 Å². The molecule has 1 saturated heterocycles. The second kappa shape index (κ2) is 7.51. The predicted octanol–water partition coefficient (Wildman–Crippen LogP) is 2.97. The largest absolute Gasteiger partial charge is 0.446 e. The van der Waals surface area contributed by atoms with Gasteiger partial charge in [-0.3, -0.25) is 0 Å². The van der Waals surface area contributed by atoms with Gasteiger partial charge in [0.1, 0.15) is 12.5 Å². The van der Waals surface area contributed by atoms with Crippen molar-refractivity contribution >= 4 is 23.5 Å². The molecule has 1 aliphatic heterocycles. The third-order valence-electron chi connectivity index (χ3n) is 3.85. The molecule has 1 N–H and O–H groups in total. The molecule has 0 spiro atoms. The summed E-state index contributed by atoms with van der Waals surface area (Å²) in [4.78, 5) is 11.0. The summed E-state index contributed by atoms with van der Waals surface area (Å²) in [6, 6.07) is 0. The van der Waals surface area contributed by atoms with Crippen molar-refractivity contribution in [2.45, 2.75) is 29.9 Å². The van der Waals surface area contributed by atoms with E-state index in [0.29, 0.717) is 23.9 Å². The number of hydrogen-bond acceptors (Lipinski definition) is 8. The van der Waals surface area contributed by atoms with E-state index in [9.17, 15) is 5.11 Å².